The summed E-state index contributed by atoms with van der Waals surface area (Å²) in [5.74, 6) is -5.97. The number of anilines is 3. The average Bonchev–Trinajstić information content (AvgIpc) is 4.21. The Kier molecular flexibility index (Phi) is 11.2. The van der Waals surface area contributed by atoms with Crippen molar-refractivity contribution in [2.45, 2.75) is 69.5 Å². The summed E-state index contributed by atoms with van der Waals surface area (Å²) in [7, 11) is 1.69. The molecule has 6 amide bonds. The minimum Gasteiger partial charge on any atom is -0.371 e. The summed E-state index contributed by atoms with van der Waals surface area (Å²) in [4.78, 5) is 83.0. The number of carbonyl (C=O) groups is 5. The van der Waals surface area contributed by atoms with Gasteiger partial charge in [-0.1, -0.05) is 18.2 Å². The summed E-state index contributed by atoms with van der Waals surface area (Å²) in [5.41, 5.74) is 5.25. The molecule has 6 aliphatic rings. The molecule has 6 aromatic rings. The van der Waals surface area contributed by atoms with Crippen molar-refractivity contribution in [3.8, 4) is 11.1 Å². The summed E-state index contributed by atoms with van der Waals surface area (Å²) in [6, 6.07) is 14.4. The number of piperidine rings is 2. The molecule has 3 aromatic carbocycles. The Morgan fingerprint density at radius 2 is 1.74 bits per heavy atom. The Morgan fingerprint density at radius 1 is 0.931 bits per heavy atom. The van der Waals surface area contributed by atoms with Gasteiger partial charge in [-0.3, -0.25) is 44.3 Å². The number of halogens is 3. The smallest absolute Gasteiger partial charge is 0.329 e. The number of nitrogens with zero attached hydrogens (tertiary/aromatic N) is 10. The van der Waals surface area contributed by atoms with Crippen molar-refractivity contribution in [2.75, 3.05) is 67.5 Å². The van der Waals surface area contributed by atoms with Crippen LogP contribution < -0.4 is 20.4 Å². The molecule has 72 heavy (non-hydrogen) atoms. The molecule has 4 fully saturated rings. The summed E-state index contributed by atoms with van der Waals surface area (Å²) in [5, 5.41) is 12.4. The van der Waals surface area contributed by atoms with Gasteiger partial charge in [0.25, 0.3) is 17.7 Å². The highest BCUT2D eigenvalue weighted by Crippen LogP contribution is 2.45. The number of likely N-dealkylation sites (tertiary alicyclic amines) is 2. The maximum atomic E-state index is 16.0. The van der Waals surface area contributed by atoms with Crippen LogP contribution in [0.25, 0.3) is 22.0 Å². The molecule has 6 aliphatic heterocycles. The number of amides is 6. The number of rotatable bonds is 10. The molecule has 372 valence electrons. The number of hydrogen-bond acceptors (Lipinski definition) is 11. The van der Waals surface area contributed by atoms with Gasteiger partial charge in [0.1, 0.15) is 5.82 Å². The number of urea groups is 1. The zero-order valence-electron chi connectivity index (χ0n) is 39.5. The lowest BCUT2D eigenvalue weighted by Gasteiger charge is -2.54. The van der Waals surface area contributed by atoms with Gasteiger partial charge < -0.3 is 19.3 Å². The molecule has 9 heterocycles. The molecule has 17 nitrogen and oxygen atoms in total. The number of nitrogens with one attached hydrogen (secondary N) is 2. The monoisotopic (exact) mass is 1000 g/mol. The van der Waals surface area contributed by atoms with Crippen LogP contribution in [0.15, 0.2) is 72.5 Å². The first-order chi connectivity index (χ1) is 34.7. The molecule has 21 heteroatoms. The first-order valence-corrected chi connectivity index (χ1v) is 25.3. The second-order valence-corrected chi connectivity index (χ2v) is 21.0. The standard InChI is InChI=1S/C51H51F3N12O5S/c1-60-40-23-31(6-9-34(40)45(59-60)65-17-11-41(67)57-49(65)71)37-10-16-63(28-51(37,53)54)42(68)25-61-26-50(27-61)12-18-62(19-13-50)33-7-4-30(5-8-33)32-21-35-36(38(52)22-32)24-66(47(35)70)44(46(69)58-48-55-14-20-72-48)43-39-3-2-15-64(39)29-56-43/h4-9,14,20-23,29,37,44H,2-3,10-13,15-19,24-28H2,1H3,(H,55,58,69)(H,57,67,71)/t37-,44?/m1/s1. The Balaban J connectivity index is 0.644. The molecule has 1 spiro atoms. The normalized spacial score (nSPS) is 21.0. The predicted molar refractivity (Wildman–Crippen MR) is 261 cm³/mol. The third-order valence-electron chi connectivity index (χ3n) is 15.7. The zero-order chi connectivity index (χ0) is 49.6. The van der Waals surface area contributed by atoms with Crippen LogP contribution in [0.5, 0.6) is 0 Å². The van der Waals surface area contributed by atoms with E-state index in [1.165, 1.54) is 32.1 Å². The summed E-state index contributed by atoms with van der Waals surface area (Å²) in [6.45, 7) is 3.57. The molecular weight excluding hydrogens is 950 g/mol. The van der Waals surface area contributed by atoms with Crippen LogP contribution in [-0.4, -0.2) is 127 Å². The number of aryl methyl sites for hydroxylation is 2. The molecule has 3 aromatic heterocycles. The minimum atomic E-state index is -3.16. The predicted octanol–water partition coefficient (Wildman–Crippen LogP) is 6.31. The number of hydrogen-bond donors (Lipinski definition) is 2. The Bertz CT molecular complexity index is 3180. The first kappa shape index (κ1) is 46.0. The summed E-state index contributed by atoms with van der Waals surface area (Å²) in [6.07, 6.45) is 6.97. The van der Waals surface area contributed by atoms with Gasteiger partial charge in [0.2, 0.25) is 11.8 Å². The first-order valence-electron chi connectivity index (χ1n) is 24.4. The van der Waals surface area contributed by atoms with Gasteiger partial charge in [0.05, 0.1) is 43.1 Å². The van der Waals surface area contributed by atoms with Gasteiger partial charge in [-0.2, -0.15) is 5.10 Å². The van der Waals surface area contributed by atoms with Crippen LogP contribution in [0.1, 0.15) is 76.9 Å². The Labute approximate surface area is 415 Å². The van der Waals surface area contributed by atoms with Crippen LogP contribution in [0, 0.1) is 11.2 Å². The van der Waals surface area contributed by atoms with Gasteiger partial charge in [0, 0.05) is 98.8 Å². The van der Waals surface area contributed by atoms with Crippen molar-refractivity contribution >= 4 is 68.5 Å². The SMILES string of the molecule is Cn1nc(N2CCC(=O)NC2=O)c2ccc([C@H]3CCN(C(=O)CN4CC5(CCN(c6ccc(-c7cc(F)c8c(c7)C(=O)N(C(C(=O)Nc7nccs7)c7ncn9c7CCC9)C8)cc6)CC5)C4)CC3(F)F)cc21. The van der Waals surface area contributed by atoms with E-state index < -0.39 is 48.1 Å². The lowest BCUT2D eigenvalue weighted by molar-refractivity contribution is -0.148. The van der Waals surface area contributed by atoms with E-state index >= 15 is 13.2 Å². The molecule has 2 N–H and O–H groups in total. The van der Waals surface area contributed by atoms with Crippen molar-refractivity contribution in [2.24, 2.45) is 12.5 Å². The highest BCUT2D eigenvalue weighted by Gasteiger charge is 2.49. The summed E-state index contributed by atoms with van der Waals surface area (Å²) < 4.78 is 51.4. The average molecular weight is 1000 g/mol. The molecule has 12 rings (SSSR count). The fraction of sp³-hybridized carbons (Fsp3) is 0.412. The maximum absolute atomic E-state index is 16.0. The number of fused-ring (bicyclic) bond motifs is 3. The van der Waals surface area contributed by atoms with Gasteiger partial charge in [-0.15, -0.1) is 11.3 Å². The fourth-order valence-electron chi connectivity index (χ4n) is 11.9. The number of imidazole rings is 1. The molecule has 2 atom stereocenters. The largest absolute Gasteiger partial charge is 0.371 e. The molecular formula is C51H51F3N12O5S. The van der Waals surface area contributed by atoms with E-state index in [1.54, 1.807) is 53.9 Å². The van der Waals surface area contributed by atoms with E-state index in [-0.39, 0.29) is 67.4 Å². The van der Waals surface area contributed by atoms with E-state index in [0.717, 1.165) is 75.4 Å². The molecule has 1 unspecified atom stereocenters. The highest BCUT2D eigenvalue weighted by atomic mass is 32.1. The number of alkyl halides is 2. The zero-order valence-corrected chi connectivity index (χ0v) is 40.3. The van der Waals surface area contributed by atoms with Crippen molar-refractivity contribution < 1.29 is 37.1 Å². The molecule has 0 aliphatic carbocycles. The van der Waals surface area contributed by atoms with Gasteiger partial charge >= 0.3 is 6.03 Å². The quantitative estimate of drug-likeness (QED) is 0.158. The maximum Gasteiger partial charge on any atom is 0.329 e. The summed E-state index contributed by atoms with van der Waals surface area (Å²) >= 11 is 1.27. The van der Waals surface area contributed by atoms with Crippen LogP contribution in [-0.2, 0) is 40.9 Å². The van der Waals surface area contributed by atoms with Crippen molar-refractivity contribution in [3.63, 3.8) is 0 Å². The Hall–Kier alpha value is -7.13. The molecule has 4 saturated heterocycles. The third-order valence-corrected chi connectivity index (χ3v) is 16.4. The van der Waals surface area contributed by atoms with Gasteiger partial charge in [-0.05, 0) is 90.6 Å². The topological polar surface area (TPSA) is 174 Å². The lowest BCUT2D eigenvalue weighted by Crippen LogP contribution is -2.62. The van der Waals surface area contributed by atoms with Crippen LogP contribution in [0.4, 0.5) is 34.6 Å². The van der Waals surface area contributed by atoms with Crippen molar-refractivity contribution in [1.82, 2.24) is 44.3 Å². The Morgan fingerprint density at radius 3 is 2.49 bits per heavy atom. The number of imide groups is 1. The minimum absolute atomic E-state index is 0.0495. The van der Waals surface area contributed by atoms with E-state index in [0.29, 0.717) is 38.7 Å². The van der Waals surface area contributed by atoms with E-state index in [4.69, 9.17) is 0 Å². The van der Waals surface area contributed by atoms with Crippen LogP contribution >= 0.6 is 11.3 Å². The number of aromatic nitrogens is 5. The molecule has 0 bridgehead atoms. The number of benzene rings is 3. The van der Waals surface area contributed by atoms with Gasteiger partial charge in [0.15, 0.2) is 17.0 Å². The van der Waals surface area contributed by atoms with E-state index in [2.05, 4.69) is 35.5 Å². The number of carbonyl (C=O) groups excluding carboxylic acids is 5. The van der Waals surface area contributed by atoms with Crippen LogP contribution in [0.2, 0.25) is 0 Å². The number of thiazole rings is 1. The van der Waals surface area contributed by atoms with Crippen molar-refractivity contribution in [3.05, 3.63) is 106 Å². The highest BCUT2D eigenvalue weighted by molar-refractivity contribution is 7.13. The lowest BCUT2D eigenvalue weighted by atomic mass is 9.72. The third kappa shape index (κ3) is 8.05. The van der Waals surface area contributed by atoms with Gasteiger partial charge in [-0.25, -0.2) is 27.9 Å². The second kappa shape index (κ2) is 17.6. The van der Waals surface area contributed by atoms with Crippen molar-refractivity contribution in [1.29, 1.82) is 0 Å². The van der Waals surface area contributed by atoms with E-state index in [1.807, 2.05) is 28.8 Å². The fourth-order valence-corrected chi connectivity index (χ4v) is 12.4. The van der Waals surface area contributed by atoms with E-state index in [9.17, 15) is 24.0 Å². The molecule has 0 saturated carbocycles. The molecule has 0 radical (unpaired) electrons. The van der Waals surface area contributed by atoms with Crippen LogP contribution in [0.3, 0.4) is 0 Å². The second-order valence-electron chi connectivity index (χ2n) is 20.1.